The molecule has 0 bridgehead atoms. The van der Waals surface area contributed by atoms with Gasteiger partial charge < -0.3 is 10.2 Å². The molecule has 3 aromatic rings. The van der Waals surface area contributed by atoms with Crippen LogP contribution in [0.3, 0.4) is 0 Å². The fourth-order valence-electron chi connectivity index (χ4n) is 2.63. The van der Waals surface area contributed by atoms with E-state index < -0.39 is 0 Å². The highest BCUT2D eigenvalue weighted by Crippen LogP contribution is 2.19. The predicted molar refractivity (Wildman–Crippen MR) is 107 cm³/mol. The van der Waals surface area contributed by atoms with E-state index in [1.54, 1.807) is 0 Å². The van der Waals surface area contributed by atoms with Gasteiger partial charge in [0.15, 0.2) is 0 Å². The van der Waals surface area contributed by atoms with Crippen LogP contribution in [0.4, 0.5) is 11.6 Å². The Morgan fingerprint density at radius 1 is 1.08 bits per heavy atom. The zero-order valence-corrected chi connectivity index (χ0v) is 15.7. The van der Waals surface area contributed by atoms with E-state index in [0.29, 0.717) is 6.54 Å². The van der Waals surface area contributed by atoms with E-state index in [-0.39, 0.29) is 0 Å². The molecule has 0 aliphatic rings. The number of nitrogens with zero attached hydrogens (tertiary/aromatic N) is 4. The van der Waals surface area contributed by atoms with Crippen LogP contribution in [0.25, 0.3) is 0 Å². The number of aryl methyl sites for hydroxylation is 1. The first kappa shape index (κ1) is 18.1. The number of likely N-dealkylation sites (N-methyl/N-ethyl adjacent to an activating group) is 1. The molecule has 2 aromatic heterocycles. The van der Waals surface area contributed by atoms with Crippen molar-refractivity contribution in [3.05, 3.63) is 76.8 Å². The van der Waals surface area contributed by atoms with Crippen LogP contribution in [0.2, 0.25) is 5.02 Å². The summed E-state index contributed by atoms with van der Waals surface area (Å²) in [6.45, 7) is 3.39. The van der Waals surface area contributed by atoms with Crippen LogP contribution in [-0.4, -0.2) is 28.5 Å². The summed E-state index contributed by atoms with van der Waals surface area (Å²) in [5.41, 5.74) is 2.30. The lowest BCUT2D eigenvalue weighted by Crippen LogP contribution is -2.22. The molecule has 2 heterocycles. The topological polar surface area (TPSA) is 53.9 Å². The van der Waals surface area contributed by atoms with Crippen LogP contribution in [0.1, 0.15) is 17.0 Å². The molecule has 0 spiro atoms. The maximum Gasteiger partial charge on any atom is 0.134 e. The van der Waals surface area contributed by atoms with Crippen molar-refractivity contribution >= 4 is 23.2 Å². The van der Waals surface area contributed by atoms with E-state index in [4.69, 9.17) is 11.6 Å². The van der Waals surface area contributed by atoms with E-state index in [0.717, 1.165) is 41.0 Å². The first-order valence-electron chi connectivity index (χ1n) is 8.55. The molecule has 0 fully saturated rings. The van der Waals surface area contributed by atoms with Crippen LogP contribution >= 0.6 is 11.6 Å². The van der Waals surface area contributed by atoms with Gasteiger partial charge in [0, 0.05) is 43.6 Å². The van der Waals surface area contributed by atoms with Gasteiger partial charge in [-0.15, -0.1) is 0 Å². The summed E-state index contributed by atoms with van der Waals surface area (Å²) in [7, 11) is 2.04. The number of hydrogen-bond donors (Lipinski definition) is 1. The molecule has 0 aliphatic heterocycles. The third-order valence-electron chi connectivity index (χ3n) is 4.12. The van der Waals surface area contributed by atoms with Gasteiger partial charge >= 0.3 is 0 Å². The Hall–Kier alpha value is -2.66. The SMILES string of the molecule is Cc1nc(NCc2ccccc2Cl)cc(N(C)CCc2ccncc2)n1. The first-order chi connectivity index (χ1) is 12.6. The molecule has 0 radical (unpaired) electrons. The van der Waals surface area contributed by atoms with Crippen molar-refractivity contribution < 1.29 is 0 Å². The Morgan fingerprint density at radius 2 is 1.85 bits per heavy atom. The van der Waals surface area contributed by atoms with Crippen LogP contribution in [-0.2, 0) is 13.0 Å². The number of pyridine rings is 1. The number of halogens is 1. The Balaban J connectivity index is 1.65. The summed E-state index contributed by atoms with van der Waals surface area (Å²) in [5.74, 6) is 2.43. The van der Waals surface area contributed by atoms with Crippen LogP contribution in [0, 0.1) is 6.92 Å². The Labute approximate surface area is 159 Å². The third kappa shape index (κ3) is 4.92. The second-order valence-corrected chi connectivity index (χ2v) is 6.54. The minimum Gasteiger partial charge on any atom is -0.366 e. The Bertz CT molecular complexity index is 854. The second-order valence-electron chi connectivity index (χ2n) is 6.13. The normalized spacial score (nSPS) is 10.6. The van der Waals surface area contributed by atoms with Crippen LogP contribution < -0.4 is 10.2 Å². The maximum atomic E-state index is 6.22. The van der Waals surface area contributed by atoms with E-state index >= 15 is 0 Å². The lowest BCUT2D eigenvalue weighted by molar-refractivity contribution is 0.847. The number of nitrogens with one attached hydrogen (secondary N) is 1. The summed E-state index contributed by atoms with van der Waals surface area (Å²) >= 11 is 6.22. The largest absolute Gasteiger partial charge is 0.366 e. The van der Waals surface area contributed by atoms with E-state index in [9.17, 15) is 0 Å². The fraction of sp³-hybridized carbons (Fsp3) is 0.250. The Morgan fingerprint density at radius 3 is 2.62 bits per heavy atom. The van der Waals surface area contributed by atoms with E-state index in [1.165, 1.54) is 5.56 Å². The smallest absolute Gasteiger partial charge is 0.134 e. The van der Waals surface area contributed by atoms with Gasteiger partial charge in [0.05, 0.1) is 0 Å². The van der Waals surface area contributed by atoms with Gasteiger partial charge in [0.25, 0.3) is 0 Å². The molecule has 0 saturated carbocycles. The summed E-state index contributed by atoms with van der Waals surface area (Å²) < 4.78 is 0. The molecule has 6 heteroatoms. The van der Waals surface area contributed by atoms with Crippen molar-refractivity contribution in [2.45, 2.75) is 19.9 Å². The minimum absolute atomic E-state index is 0.621. The third-order valence-corrected chi connectivity index (χ3v) is 4.49. The molecule has 26 heavy (non-hydrogen) atoms. The van der Waals surface area contributed by atoms with Gasteiger partial charge in [-0.25, -0.2) is 9.97 Å². The van der Waals surface area contributed by atoms with Crippen molar-refractivity contribution in [1.29, 1.82) is 0 Å². The van der Waals surface area contributed by atoms with Gasteiger partial charge in [0.1, 0.15) is 17.5 Å². The van der Waals surface area contributed by atoms with Crippen molar-refractivity contribution in [2.75, 3.05) is 23.8 Å². The Kier molecular flexibility index (Phi) is 6.02. The minimum atomic E-state index is 0.621. The zero-order valence-electron chi connectivity index (χ0n) is 15.0. The lowest BCUT2D eigenvalue weighted by atomic mass is 10.2. The van der Waals surface area contributed by atoms with E-state index in [1.807, 2.05) is 68.8 Å². The molecule has 1 aromatic carbocycles. The standard InChI is InChI=1S/C20H22ClN5/c1-15-24-19(23-14-17-5-3-4-6-18(17)21)13-20(25-15)26(2)12-9-16-7-10-22-11-8-16/h3-8,10-11,13H,9,12,14H2,1-2H3,(H,23,24,25). The second kappa shape index (κ2) is 8.63. The molecule has 134 valence electrons. The van der Waals surface area contributed by atoms with Gasteiger partial charge in [-0.2, -0.15) is 0 Å². The van der Waals surface area contributed by atoms with Gasteiger partial charge in [0.2, 0.25) is 0 Å². The molecule has 0 aliphatic carbocycles. The molecule has 0 atom stereocenters. The first-order valence-corrected chi connectivity index (χ1v) is 8.92. The van der Waals surface area contributed by atoms with Gasteiger partial charge in [-0.05, 0) is 42.7 Å². The van der Waals surface area contributed by atoms with Crippen molar-refractivity contribution in [1.82, 2.24) is 15.0 Å². The highest BCUT2D eigenvalue weighted by atomic mass is 35.5. The lowest BCUT2D eigenvalue weighted by Gasteiger charge is -2.19. The fourth-order valence-corrected chi connectivity index (χ4v) is 2.83. The molecule has 0 unspecified atom stereocenters. The van der Waals surface area contributed by atoms with Gasteiger partial charge in [-0.3, -0.25) is 4.98 Å². The van der Waals surface area contributed by atoms with Crippen LogP contribution in [0.15, 0.2) is 54.9 Å². The average molecular weight is 368 g/mol. The molecule has 1 N–H and O–H groups in total. The number of aromatic nitrogens is 3. The van der Waals surface area contributed by atoms with Crippen LogP contribution in [0.5, 0.6) is 0 Å². The number of anilines is 2. The number of benzene rings is 1. The average Bonchev–Trinajstić information content (AvgIpc) is 2.66. The highest BCUT2D eigenvalue weighted by Gasteiger charge is 2.08. The summed E-state index contributed by atoms with van der Waals surface area (Å²) in [6.07, 6.45) is 4.58. The maximum absolute atomic E-state index is 6.22. The molecular weight excluding hydrogens is 346 g/mol. The van der Waals surface area contributed by atoms with Crippen molar-refractivity contribution in [3.63, 3.8) is 0 Å². The predicted octanol–water partition coefficient (Wildman–Crippen LogP) is 4.12. The molecule has 0 saturated heterocycles. The number of rotatable bonds is 7. The summed E-state index contributed by atoms with van der Waals surface area (Å²) in [6, 6.07) is 13.8. The molecular formula is C20H22ClN5. The van der Waals surface area contributed by atoms with Crippen molar-refractivity contribution in [3.8, 4) is 0 Å². The van der Waals surface area contributed by atoms with E-state index in [2.05, 4.69) is 25.2 Å². The monoisotopic (exact) mass is 367 g/mol. The van der Waals surface area contributed by atoms with Gasteiger partial charge in [-0.1, -0.05) is 29.8 Å². The van der Waals surface area contributed by atoms with Crippen molar-refractivity contribution in [2.24, 2.45) is 0 Å². The quantitative estimate of drug-likeness (QED) is 0.680. The highest BCUT2D eigenvalue weighted by molar-refractivity contribution is 6.31. The number of hydrogen-bond acceptors (Lipinski definition) is 5. The summed E-state index contributed by atoms with van der Waals surface area (Å²) in [4.78, 5) is 15.2. The molecule has 0 amide bonds. The molecule has 3 rings (SSSR count). The summed E-state index contributed by atoms with van der Waals surface area (Å²) in [5, 5.41) is 4.09. The zero-order chi connectivity index (χ0) is 18.4. The molecule has 5 nitrogen and oxygen atoms in total.